The van der Waals surface area contributed by atoms with Crippen molar-refractivity contribution in [2.45, 2.75) is 12.8 Å². The van der Waals surface area contributed by atoms with Gasteiger partial charge in [0, 0.05) is 15.4 Å². The molecule has 0 saturated carbocycles. The molecule has 0 spiro atoms. The Balaban J connectivity index is 2.56. The molecule has 5 heteroatoms. The highest BCUT2D eigenvalue weighted by Gasteiger charge is 2.08. The average Bonchev–Trinajstić information content (AvgIpc) is 2.24. The molecular formula is C11H14Br2N2O. The molecule has 1 amide bonds. The lowest BCUT2D eigenvalue weighted by Gasteiger charge is -2.09. The normalized spacial score (nSPS) is 10.2. The van der Waals surface area contributed by atoms with E-state index in [2.05, 4.69) is 42.5 Å². The van der Waals surface area contributed by atoms with E-state index in [4.69, 9.17) is 0 Å². The molecule has 0 radical (unpaired) electrons. The van der Waals surface area contributed by atoms with E-state index in [1.54, 1.807) is 0 Å². The Morgan fingerprint density at radius 1 is 1.31 bits per heavy atom. The van der Waals surface area contributed by atoms with E-state index in [1.165, 1.54) is 0 Å². The number of benzene rings is 1. The summed E-state index contributed by atoms with van der Waals surface area (Å²) in [6, 6.07) is 5.70. The van der Waals surface area contributed by atoms with Crippen molar-refractivity contribution in [1.29, 1.82) is 0 Å². The standard InChI is InChI=1S/C11H14Br2N2O/c1-14-7-3-6-10(16)15-11-8(12)4-2-5-9(11)13/h2,4-5,14H,3,6-7H2,1H3,(H,15,16). The SMILES string of the molecule is CNCCCC(=O)Nc1c(Br)cccc1Br. The lowest BCUT2D eigenvalue weighted by Crippen LogP contribution is -2.15. The van der Waals surface area contributed by atoms with Gasteiger partial charge in [0.1, 0.15) is 0 Å². The zero-order valence-corrected chi connectivity index (χ0v) is 12.2. The first-order chi connectivity index (χ1) is 7.65. The van der Waals surface area contributed by atoms with Crippen molar-refractivity contribution in [1.82, 2.24) is 5.32 Å². The van der Waals surface area contributed by atoms with Gasteiger partial charge in [-0.25, -0.2) is 0 Å². The van der Waals surface area contributed by atoms with E-state index in [1.807, 2.05) is 25.2 Å². The van der Waals surface area contributed by atoms with Gasteiger partial charge in [-0.1, -0.05) is 6.07 Å². The first kappa shape index (κ1) is 13.7. The van der Waals surface area contributed by atoms with Crippen LogP contribution < -0.4 is 10.6 Å². The monoisotopic (exact) mass is 348 g/mol. The van der Waals surface area contributed by atoms with Crippen LogP contribution in [0.4, 0.5) is 5.69 Å². The number of amides is 1. The third-order valence-electron chi connectivity index (χ3n) is 2.06. The number of nitrogens with one attached hydrogen (secondary N) is 2. The Hall–Kier alpha value is -0.390. The molecule has 16 heavy (non-hydrogen) atoms. The molecular weight excluding hydrogens is 336 g/mol. The molecule has 3 nitrogen and oxygen atoms in total. The maximum atomic E-state index is 11.6. The van der Waals surface area contributed by atoms with E-state index in [0.717, 1.165) is 27.6 Å². The summed E-state index contributed by atoms with van der Waals surface area (Å²) in [5.74, 6) is 0.0304. The van der Waals surface area contributed by atoms with Gasteiger partial charge in [0.2, 0.25) is 5.91 Å². The predicted molar refractivity (Wildman–Crippen MR) is 73.6 cm³/mol. The van der Waals surface area contributed by atoms with Gasteiger partial charge in [-0.3, -0.25) is 4.79 Å². The molecule has 0 atom stereocenters. The summed E-state index contributed by atoms with van der Waals surface area (Å²) >= 11 is 6.80. The van der Waals surface area contributed by atoms with Crippen LogP contribution in [0.2, 0.25) is 0 Å². The summed E-state index contributed by atoms with van der Waals surface area (Å²) in [6.45, 7) is 0.852. The van der Waals surface area contributed by atoms with Crippen molar-refractivity contribution in [2.24, 2.45) is 0 Å². The van der Waals surface area contributed by atoms with Crippen molar-refractivity contribution < 1.29 is 4.79 Å². The fourth-order valence-corrected chi connectivity index (χ4v) is 2.44. The predicted octanol–water partition coefficient (Wildman–Crippen LogP) is 3.15. The molecule has 0 aliphatic rings. The first-order valence-electron chi connectivity index (χ1n) is 5.03. The summed E-state index contributed by atoms with van der Waals surface area (Å²) in [6.07, 6.45) is 1.36. The fourth-order valence-electron chi connectivity index (χ4n) is 1.24. The summed E-state index contributed by atoms with van der Waals surface area (Å²) in [7, 11) is 1.88. The zero-order valence-electron chi connectivity index (χ0n) is 9.02. The maximum Gasteiger partial charge on any atom is 0.224 e. The first-order valence-corrected chi connectivity index (χ1v) is 6.62. The van der Waals surface area contributed by atoms with Crippen molar-refractivity contribution in [3.05, 3.63) is 27.1 Å². The van der Waals surface area contributed by atoms with Gasteiger partial charge in [0.15, 0.2) is 0 Å². The molecule has 0 fully saturated rings. The molecule has 1 aromatic carbocycles. The highest BCUT2D eigenvalue weighted by Crippen LogP contribution is 2.30. The fraction of sp³-hybridized carbons (Fsp3) is 0.364. The minimum absolute atomic E-state index is 0.0304. The van der Waals surface area contributed by atoms with Gasteiger partial charge in [-0.05, 0) is 64.0 Å². The number of carbonyl (C=O) groups excluding carboxylic acids is 1. The second-order valence-electron chi connectivity index (χ2n) is 3.35. The van der Waals surface area contributed by atoms with Crippen LogP contribution in [0.25, 0.3) is 0 Å². The molecule has 0 saturated heterocycles. The molecule has 0 bridgehead atoms. The van der Waals surface area contributed by atoms with Crippen molar-refractivity contribution in [2.75, 3.05) is 18.9 Å². The van der Waals surface area contributed by atoms with Gasteiger partial charge < -0.3 is 10.6 Å². The molecule has 0 unspecified atom stereocenters. The lowest BCUT2D eigenvalue weighted by atomic mass is 10.2. The van der Waals surface area contributed by atoms with E-state index >= 15 is 0 Å². The van der Waals surface area contributed by atoms with Gasteiger partial charge in [0.25, 0.3) is 0 Å². The summed E-state index contributed by atoms with van der Waals surface area (Å²) in [5, 5.41) is 5.89. The number of rotatable bonds is 5. The smallest absolute Gasteiger partial charge is 0.224 e. The largest absolute Gasteiger partial charge is 0.324 e. The zero-order chi connectivity index (χ0) is 12.0. The van der Waals surface area contributed by atoms with E-state index < -0.39 is 0 Å². The minimum Gasteiger partial charge on any atom is -0.324 e. The molecule has 0 aliphatic carbocycles. The Bertz CT molecular complexity index is 349. The molecule has 2 N–H and O–H groups in total. The van der Waals surface area contributed by atoms with E-state index in [0.29, 0.717) is 6.42 Å². The van der Waals surface area contributed by atoms with Crippen LogP contribution in [-0.2, 0) is 4.79 Å². The summed E-state index contributed by atoms with van der Waals surface area (Å²) in [4.78, 5) is 11.6. The average molecular weight is 350 g/mol. The number of para-hydroxylation sites is 1. The molecule has 0 aromatic heterocycles. The van der Waals surface area contributed by atoms with Crippen molar-refractivity contribution >= 4 is 43.5 Å². The third-order valence-corrected chi connectivity index (χ3v) is 3.38. The van der Waals surface area contributed by atoms with Crippen molar-refractivity contribution in [3.63, 3.8) is 0 Å². The minimum atomic E-state index is 0.0304. The van der Waals surface area contributed by atoms with Crippen LogP contribution >= 0.6 is 31.9 Å². The second-order valence-corrected chi connectivity index (χ2v) is 5.06. The molecule has 0 aliphatic heterocycles. The highest BCUT2D eigenvalue weighted by molar-refractivity contribution is 9.11. The Morgan fingerprint density at radius 3 is 2.50 bits per heavy atom. The highest BCUT2D eigenvalue weighted by atomic mass is 79.9. The summed E-state index contributed by atoms with van der Waals surface area (Å²) in [5.41, 5.74) is 0.789. The molecule has 88 valence electrons. The molecule has 1 aromatic rings. The van der Waals surface area contributed by atoms with Crippen LogP contribution in [0.15, 0.2) is 27.1 Å². The maximum absolute atomic E-state index is 11.6. The number of halogens is 2. The van der Waals surface area contributed by atoms with Crippen LogP contribution in [-0.4, -0.2) is 19.5 Å². The molecule has 0 heterocycles. The lowest BCUT2D eigenvalue weighted by molar-refractivity contribution is -0.116. The topological polar surface area (TPSA) is 41.1 Å². The Kier molecular flexibility index (Phi) is 6.01. The van der Waals surface area contributed by atoms with E-state index in [-0.39, 0.29) is 5.91 Å². The third kappa shape index (κ3) is 4.23. The van der Waals surface area contributed by atoms with Gasteiger partial charge >= 0.3 is 0 Å². The van der Waals surface area contributed by atoms with Gasteiger partial charge in [0.05, 0.1) is 5.69 Å². The number of hydrogen-bond acceptors (Lipinski definition) is 2. The number of hydrogen-bond donors (Lipinski definition) is 2. The Labute approximate surface area is 112 Å². The van der Waals surface area contributed by atoms with Crippen LogP contribution in [0.1, 0.15) is 12.8 Å². The van der Waals surface area contributed by atoms with Gasteiger partial charge in [-0.2, -0.15) is 0 Å². The van der Waals surface area contributed by atoms with Crippen LogP contribution in [0, 0.1) is 0 Å². The van der Waals surface area contributed by atoms with Gasteiger partial charge in [-0.15, -0.1) is 0 Å². The van der Waals surface area contributed by atoms with Crippen LogP contribution in [0.3, 0.4) is 0 Å². The quantitative estimate of drug-likeness (QED) is 0.802. The second kappa shape index (κ2) is 7.04. The number of carbonyl (C=O) groups is 1. The van der Waals surface area contributed by atoms with Crippen molar-refractivity contribution in [3.8, 4) is 0 Å². The Morgan fingerprint density at radius 2 is 1.94 bits per heavy atom. The van der Waals surface area contributed by atoms with E-state index in [9.17, 15) is 4.79 Å². The summed E-state index contributed by atoms with van der Waals surface area (Å²) < 4.78 is 1.76. The number of anilines is 1. The van der Waals surface area contributed by atoms with Crippen LogP contribution in [0.5, 0.6) is 0 Å². The molecule has 1 rings (SSSR count).